The van der Waals surface area contributed by atoms with E-state index in [4.69, 9.17) is 10.5 Å². The average molecular weight is 229 g/mol. The summed E-state index contributed by atoms with van der Waals surface area (Å²) in [5.41, 5.74) is 5.51. The van der Waals surface area contributed by atoms with Crippen LogP contribution in [0.4, 0.5) is 5.95 Å². The Kier molecular flexibility index (Phi) is 4.16. The lowest BCUT2D eigenvalue weighted by Crippen LogP contribution is -2.15. The minimum atomic E-state index is -0.405. The maximum atomic E-state index is 9.35. The molecule has 5 nitrogen and oxygen atoms in total. The molecule has 0 radical (unpaired) electrons. The Balaban J connectivity index is 2.80. The zero-order chi connectivity index (χ0) is 11.4. The van der Waals surface area contributed by atoms with Gasteiger partial charge in [-0.1, -0.05) is 6.92 Å². The predicted octanol–water partition coefficient (Wildman–Crippen LogP) is 0.929. The number of aliphatic hydroxyl groups is 1. The fraction of sp³-hybridized carbons (Fsp3) is 0.556. The summed E-state index contributed by atoms with van der Waals surface area (Å²) in [6, 6.07) is 1.69. The third-order valence-corrected chi connectivity index (χ3v) is 3.11. The SMILES string of the molecule is COc1cc(SC(C)C(C)O)nc(N)n1. The molecule has 1 aromatic heterocycles. The van der Waals surface area contributed by atoms with E-state index >= 15 is 0 Å². The number of hydrogen-bond acceptors (Lipinski definition) is 6. The molecule has 2 unspecified atom stereocenters. The summed E-state index contributed by atoms with van der Waals surface area (Å²) in [7, 11) is 1.52. The first-order valence-corrected chi connectivity index (χ1v) is 5.44. The van der Waals surface area contributed by atoms with Gasteiger partial charge in [0.1, 0.15) is 5.03 Å². The van der Waals surface area contributed by atoms with E-state index < -0.39 is 6.10 Å². The van der Waals surface area contributed by atoms with Gasteiger partial charge in [-0.25, -0.2) is 4.98 Å². The Morgan fingerprint density at radius 1 is 1.47 bits per heavy atom. The van der Waals surface area contributed by atoms with Gasteiger partial charge in [0.05, 0.1) is 13.2 Å². The summed E-state index contributed by atoms with van der Waals surface area (Å²) in [6.45, 7) is 3.65. The van der Waals surface area contributed by atoms with E-state index in [0.29, 0.717) is 10.9 Å². The zero-order valence-corrected chi connectivity index (χ0v) is 9.78. The molecule has 0 saturated carbocycles. The van der Waals surface area contributed by atoms with Gasteiger partial charge in [0.15, 0.2) is 0 Å². The molecule has 84 valence electrons. The van der Waals surface area contributed by atoms with Crippen molar-refractivity contribution in [1.82, 2.24) is 9.97 Å². The Hall–Kier alpha value is -1.01. The maximum Gasteiger partial charge on any atom is 0.224 e. The minimum absolute atomic E-state index is 0.0454. The summed E-state index contributed by atoms with van der Waals surface area (Å²) < 4.78 is 4.97. The molecule has 0 aromatic carbocycles. The van der Waals surface area contributed by atoms with Crippen molar-refractivity contribution in [1.29, 1.82) is 0 Å². The van der Waals surface area contributed by atoms with E-state index in [0.717, 1.165) is 0 Å². The second kappa shape index (κ2) is 5.18. The molecule has 0 fully saturated rings. The molecule has 2 atom stereocenters. The van der Waals surface area contributed by atoms with Crippen molar-refractivity contribution >= 4 is 17.7 Å². The van der Waals surface area contributed by atoms with Crippen LogP contribution in [0.1, 0.15) is 13.8 Å². The van der Waals surface area contributed by atoms with E-state index in [1.807, 2.05) is 6.92 Å². The second-order valence-corrected chi connectivity index (χ2v) is 4.57. The minimum Gasteiger partial charge on any atom is -0.481 e. The van der Waals surface area contributed by atoms with Crippen molar-refractivity contribution in [3.8, 4) is 5.88 Å². The number of aromatic nitrogens is 2. The first-order valence-electron chi connectivity index (χ1n) is 4.56. The molecular formula is C9H15N3O2S. The lowest BCUT2D eigenvalue weighted by Gasteiger charge is -2.13. The molecule has 1 rings (SSSR count). The van der Waals surface area contributed by atoms with Crippen molar-refractivity contribution in [3.05, 3.63) is 6.07 Å². The fourth-order valence-electron chi connectivity index (χ4n) is 0.875. The van der Waals surface area contributed by atoms with Crippen LogP contribution in [0.25, 0.3) is 0 Å². The van der Waals surface area contributed by atoms with Gasteiger partial charge in [0.25, 0.3) is 0 Å². The van der Waals surface area contributed by atoms with Gasteiger partial charge in [-0.3, -0.25) is 0 Å². The Morgan fingerprint density at radius 2 is 2.13 bits per heavy atom. The first kappa shape index (κ1) is 12.1. The van der Waals surface area contributed by atoms with E-state index in [-0.39, 0.29) is 11.2 Å². The van der Waals surface area contributed by atoms with Crippen molar-refractivity contribution < 1.29 is 9.84 Å². The third kappa shape index (κ3) is 3.56. The summed E-state index contributed by atoms with van der Waals surface area (Å²) in [5.74, 6) is 0.609. The topological polar surface area (TPSA) is 81.3 Å². The van der Waals surface area contributed by atoms with E-state index in [9.17, 15) is 5.11 Å². The molecule has 6 heteroatoms. The lowest BCUT2D eigenvalue weighted by atomic mass is 10.3. The quantitative estimate of drug-likeness (QED) is 0.590. The fourth-order valence-corrected chi connectivity index (χ4v) is 1.77. The van der Waals surface area contributed by atoms with Crippen LogP contribution in [0.2, 0.25) is 0 Å². The van der Waals surface area contributed by atoms with Gasteiger partial charge in [0, 0.05) is 11.3 Å². The number of rotatable bonds is 4. The van der Waals surface area contributed by atoms with Gasteiger partial charge in [0.2, 0.25) is 11.8 Å². The van der Waals surface area contributed by atoms with Crippen LogP contribution in [0.5, 0.6) is 5.88 Å². The number of thioether (sulfide) groups is 1. The van der Waals surface area contributed by atoms with Crippen LogP contribution >= 0.6 is 11.8 Å². The van der Waals surface area contributed by atoms with Crippen LogP contribution in [-0.2, 0) is 0 Å². The Morgan fingerprint density at radius 3 is 2.67 bits per heavy atom. The van der Waals surface area contributed by atoms with E-state index in [2.05, 4.69) is 9.97 Å². The molecule has 1 aromatic rings. The largest absolute Gasteiger partial charge is 0.481 e. The lowest BCUT2D eigenvalue weighted by molar-refractivity contribution is 0.196. The van der Waals surface area contributed by atoms with E-state index in [1.165, 1.54) is 18.9 Å². The number of anilines is 1. The number of methoxy groups -OCH3 is 1. The Labute approximate surface area is 93.1 Å². The number of nitrogens with two attached hydrogens (primary N) is 1. The van der Waals surface area contributed by atoms with Crippen LogP contribution in [0.15, 0.2) is 11.1 Å². The normalized spacial score (nSPS) is 14.7. The monoisotopic (exact) mass is 229 g/mol. The smallest absolute Gasteiger partial charge is 0.224 e. The third-order valence-electron chi connectivity index (χ3n) is 1.89. The number of nitrogen functional groups attached to an aromatic ring is 1. The summed E-state index contributed by atoms with van der Waals surface area (Å²) in [5, 5.41) is 10.1. The molecule has 0 aliphatic carbocycles. The number of ether oxygens (including phenoxy) is 1. The van der Waals surface area contributed by atoms with Crippen molar-refractivity contribution in [2.75, 3.05) is 12.8 Å². The maximum absolute atomic E-state index is 9.35. The molecule has 15 heavy (non-hydrogen) atoms. The molecule has 0 amide bonds. The molecule has 1 heterocycles. The van der Waals surface area contributed by atoms with Gasteiger partial charge in [-0.15, -0.1) is 11.8 Å². The van der Waals surface area contributed by atoms with Crippen molar-refractivity contribution in [2.24, 2.45) is 0 Å². The van der Waals surface area contributed by atoms with Gasteiger partial charge >= 0.3 is 0 Å². The summed E-state index contributed by atoms with van der Waals surface area (Å²) >= 11 is 1.43. The number of aliphatic hydroxyl groups excluding tert-OH is 1. The van der Waals surface area contributed by atoms with Crippen LogP contribution in [0, 0.1) is 0 Å². The van der Waals surface area contributed by atoms with E-state index in [1.54, 1.807) is 13.0 Å². The van der Waals surface area contributed by atoms with Crippen molar-refractivity contribution in [2.45, 2.75) is 30.2 Å². The molecule has 0 aliphatic rings. The Bertz CT molecular complexity index is 333. The van der Waals surface area contributed by atoms with Gasteiger partial charge in [-0.2, -0.15) is 4.98 Å². The second-order valence-electron chi connectivity index (χ2n) is 3.17. The number of hydrogen-bond donors (Lipinski definition) is 2. The molecule has 0 saturated heterocycles. The standard InChI is InChI=1S/C9H15N3O2S/c1-5(13)6(2)15-8-4-7(14-3)11-9(10)12-8/h4-6,13H,1-3H3,(H2,10,11,12). The summed E-state index contributed by atoms with van der Waals surface area (Å²) in [4.78, 5) is 7.92. The zero-order valence-electron chi connectivity index (χ0n) is 8.97. The highest BCUT2D eigenvalue weighted by atomic mass is 32.2. The molecular weight excluding hydrogens is 214 g/mol. The molecule has 0 aliphatic heterocycles. The highest BCUT2D eigenvalue weighted by Gasteiger charge is 2.12. The summed E-state index contributed by atoms with van der Waals surface area (Å²) in [6.07, 6.45) is -0.405. The van der Waals surface area contributed by atoms with Crippen molar-refractivity contribution in [3.63, 3.8) is 0 Å². The molecule has 0 spiro atoms. The average Bonchev–Trinajstić information content (AvgIpc) is 2.16. The number of nitrogens with zero attached hydrogens (tertiary/aromatic N) is 2. The van der Waals surface area contributed by atoms with Gasteiger partial charge < -0.3 is 15.6 Å². The molecule has 3 N–H and O–H groups in total. The predicted molar refractivity (Wildman–Crippen MR) is 60.0 cm³/mol. The first-order chi connectivity index (χ1) is 7.02. The molecule has 0 bridgehead atoms. The van der Waals surface area contributed by atoms with Gasteiger partial charge in [-0.05, 0) is 6.92 Å². The highest BCUT2D eigenvalue weighted by Crippen LogP contribution is 2.26. The highest BCUT2D eigenvalue weighted by molar-refractivity contribution is 7.99. The van der Waals surface area contributed by atoms with Crippen LogP contribution in [-0.4, -0.2) is 33.5 Å². The van der Waals surface area contributed by atoms with Crippen LogP contribution < -0.4 is 10.5 Å². The van der Waals surface area contributed by atoms with Crippen LogP contribution in [0.3, 0.4) is 0 Å².